The van der Waals surface area contributed by atoms with Gasteiger partial charge in [0, 0.05) is 24.2 Å². The number of rotatable bonds is 4. The van der Waals surface area contributed by atoms with Gasteiger partial charge in [0.15, 0.2) is 11.5 Å². The van der Waals surface area contributed by atoms with Crippen LogP contribution in [0.4, 0.5) is 0 Å². The van der Waals surface area contributed by atoms with Crippen LogP contribution in [0.5, 0.6) is 17.4 Å². The first-order valence-electron chi connectivity index (χ1n) is 7.60. The van der Waals surface area contributed by atoms with Gasteiger partial charge in [-0.15, -0.1) is 0 Å². The van der Waals surface area contributed by atoms with Crippen LogP contribution in [-0.4, -0.2) is 23.2 Å². The lowest BCUT2D eigenvalue weighted by Crippen LogP contribution is -2.24. The Kier molecular flexibility index (Phi) is 3.94. The highest BCUT2D eigenvalue weighted by atomic mass is 16.5. The predicted molar refractivity (Wildman–Crippen MR) is 85.1 cm³/mol. The molecule has 0 saturated heterocycles. The normalized spacial score (nSPS) is 14.7. The fourth-order valence-electron chi connectivity index (χ4n) is 2.56. The molecule has 0 fully saturated rings. The zero-order valence-corrected chi connectivity index (χ0v) is 13.5. The molecule has 1 aromatic carbocycles. The van der Waals surface area contributed by atoms with Gasteiger partial charge in [-0.05, 0) is 32.9 Å². The minimum atomic E-state index is -0.391. The van der Waals surface area contributed by atoms with Crippen molar-refractivity contribution < 1.29 is 19.0 Å². The summed E-state index contributed by atoms with van der Waals surface area (Å²) in [5.74, 6) is 1.40. The number of ether oxygens (including phenoxy) is 3. The van der Waals surface area contributed by atoms with Gasteiger partial charge >= 0.3 is 5.97 Å². The van der Waals surface area contributed by atoms with Crippen LogP contribution in [0.25, 0.3) is 0 Å². The first kappa shape index (κ1) is 15.3. The number of esters is 1. The summed E-state index contributed by atoms with van der Waals surface area (Å²) in [6, 6.07) is 9.10. The highest BCUT2D eigenvalue weighted by Gasteiger charge is 2.32. The Morgan fingerprint density at radius 3 is 2.83 bits per heavy atom. The SMILES string of the molecule is CCOC(=O)c1ccc(Oc2cccc3c2OC(C)(C)C3)nc1. The Bertz CT molecular complexity index is 722. The smallest absolute Gasteiger partial charge is 0.339 e. The Balaban J connectivity index is 1.79. The van der Waals surface area contributed by atoms with Crippen LogP contribution in [-0.2, 0) is 11.2 Å². The second kappa shape index (κ2) is 5.91. The molecule has 2 heterocycles. The van der Waals surface area contributed by atoms with Crippen molar-refractivity contribution in [2.45, 2.75) is 32.8 Å². The number of carbonyl (C=O) groups excluding carboxylic acids is 1. The summed E-state index contributed by atoms with van der Waals surface area (Å²) in [6.45, 7) is 6.19. The number of carbonyl (C=O) groups is 1. The fraction of sp³-hybridized carbons (Fsp3) is 0.333. The number of nitrogens with zero attached hydrogens (tertiary/aromatic N) is 1. The Labute approximate surface area is 135 Å². The van der Waals surface area contributed by atoms with Crippen LogP contribution in [0.2, 0.25) is 0 Å². The quantitative estimate of drug-likeness (QED) is 0.804. The maximum Gasteiger partial charge on any atom is 0.339 e. The second-order valence-corrected chi connectivity index (χ2v) is 5.99. The van der Waals surface area contributed by atoms with Gasteiger partial charge in [-0.1, -0.05) is 12.1 Å². The van der Waals surface area contributed by atoms with E-state index in [2.05, 4.69) is 4.98 Å². The molecule has 5 heteroatoms. The topological polar surface area (TPSA) is 57.7 Å². The van der Waals surface area contributed by atoms with Gasteiger partial charge < -0.3 is 14.2 Å². The molecule has 0 spiro atoms. The number of aromatic nitrogens is 1. The van der Waals surface area contributed by atoms with Crippen molar-refractivity contribution in [3.05, 3.63) is 47.7 Å². The molecule has 23 heavy (non-hydrogen) atoms. The van der Waals surface area contributed by atoms with Gasteiger partial charge in [0.2, 0.25) is 5.88 Å². The number of hydrogen-bond donors (Lipinski definition) is 0. The zero-order valence-electron chi connectivity index (χ0n) is 13.5. The van der Waals surface area contributed by atoms with E-state index >= 15 is 0 Å². The molecule has 0 radical (unpaired) electrons. The molecular formula is C18H19NO4. The highest BCUT2D eigenvalue weighted by molar-refractivity contribution is 5.89. The molecule has 1 aliphatic rings. The third-order valence-corrected chi connectivity index (χ3v) is 3.52. The lowest BCUT2D eigenvalue weighted by Gasteiger charge is -2.18. The van der Waals surface area contributed by atoms with Crippen LogP contribution in [0.3, 0.4) is 0 Å². The van der Waals surface area contributed by atoms with Crippen molar-refractivity contribution >= 4 is 5.97 Å². The molecule has 5 nitrogen and oxygen atoms in total. The number of hydrogen-bond acceptors (Lipinski definition) is 5. The van der Waals surface area contributed by atoms with E-state index in [9.17, 15) is 4.79 Å². The summed E-state index contributed by atoms with van der Waals surface area (Å²) in [5.41, 5.74) is 1.29. The Morgan fingerprint density at radius 2 is 2.13 bits per heavy atom. The van der Waals surface area contributed by atoms with Gasteiger partial charge in [-0.25, -0.2) is 9.78 Å². The van der Waals surface area contributed by atoms with E-state index in [-0.39, 0.29) is 5.60 Å². The van der Waals surface area contributed by atoms with E-state index < -0.39 is 5.97 Å². The van der Waals surface area contributed by atoms with Crippen LogP contribution in [0, 0.1) is 0 Å². The predicted octanol–water partition coefficient (Wildman–Crippen LogP) is 3.76. The molecule has 2 aromatic rings. The van der Waals surface area contributed by atoms with E-state index in [1.54, 1.807) is 19.1 Å². The van der Waals surface area contributed by atoms with Gasteiger partial charge in [-0.3, -0.25) is 0 Å². The summed E-state index contributed by atoms with van der Waals surface area (Å²) < 4.78 is 16.7. The minimum Gasteiger partial charge on any atom is -0.483 e. The van der Waals surface area contributed by atoms with Crippen LogP contribution >= 0.6 is 0 Å². The number of fused-ring (bicyclic) bond motifs is 1. The molecule has 1 aliphatic heterocycles. The van der Waals surface area contributed by atoms with Crippen molar-refractivity contribution in [2.75, 3.05) is 6.61 Å². The molecule has 0 amide bonds. The number of para-hydroxylation sites is 1. The van der Waals surface area contributed by atoms with Crippen molar-refractivity contribution in [3.63, 3.8) is 0 Å². The van der Waals surface area contributed by atoms with E-state index in [1.165, 1.54) is 6.20 Å². The minimum absolute atomic E-state index is 0.233. The van der Waals surface area contributed by atoms with E-state index in [1.807, 2.05) is 32.0 Å². The standard InChI is InChI=1S/C18H19NO4/c1-4-21-17(20)13-8-9-15(19-11-13)22-14-7-5-6-12-10-18(2,3)23-16(12)14/h5-9,11H,4,10H2,1-3H3. The number of benzene rings is 1. The van der Waals surface area contributed by atoms with E-state index in [0.29, 0.717) is 23.8 Å². The summed E-state index contributed by atoms with van der Waals surface area (Å²) in [5, 5.41) is 0. The molecule has 120 valence electrons. The summed E-state index contributed by atoms with van der Waals surface area (Å²) in [7, 11) is 0. The number of pyridine rings is 1. The van der Waals surface area contributed by atoms with Crippen LogP contribution < -0.4 is 9.47 Å². The maximum atomic E-state index is 11.6. The molecule has 0 saturated carbocycles. The van der Waals surface area contributed by atoms with Crippen molar-refractivity contribution in [1.82, 2.24) is 4.98 Å². The molecular weight excluding hydrogens is 294 g/mol. The average molecular weight is 313 g/mol. The summed E-state index contributed by atoms with van der Waals surface area (Å²) >= 11 is 0. The molecule has 0 bridgehead atoms. The van der Waals surface area contributed by atoms with Crippen molar-refractivity contribution in [1.29, 1.82) is 0 Å². The molecule has 0 unspecified atom stereocenters. The van der Waals surface area contributed by atoms with Crippen LogP contribution in [0.1, 0.15) is 36.7 Å². The van der Waals surface area contributed by atoms with E-state index in [4.69, 9.17) is 14.2 Å². The molecule has 3 rings (SSSR count). The second-order valence-electron chi connectivity index (χ2n) is 5.99. The maximum absolute atomic E-state index is 11.6. The Morgan fingerprint density at radius 1 is 1.30 bits per heavy atom. The van der Waals surface area contributed by atoms with E-state index in [0.717, 1.165) is 17.7 Å². The van der Waals surface area contributed by atoms with Crippen molar-refractivity contribution in [3.8, 4) is 17.4 Å². The van der Waals surface area contributed by atoms with Crippen LogP contribution in [0.15, 0.2) is 36.5 Å². The van der Waals surface area contributed by atoms with Gasteiger partial charge in [0.05, 0.1) is 12.2 Å². The highest BCUT2D eigenvalue weighted by Crippen LogP contribution is 2.42. The van der Waals surface area contributed by atoms with Gasteiger partial charge in [0.1, 0.15) is 5.60 Å². The third kappa shape index (κ3) is 3.28. The zero-order chi connectivity index (χ0) is 16.4. The molecule has 0 aliphatic carbocycles. The Hall–Kier alpha value is -2.56. The monoisotopic (exact) mass is 313 g/mol. The lowest BCUT2D eigenvalue weighted by atomic mass is 10.0. The first-order valence-corrected chi connectivity index (χ1v) is 7.60. The molecule has 0 N–H and O–H groups in total. The lowest BCUT2D eigenvalue weighted by molar-refractivity contribution is 0.0525. The van der Waals surface area contributed by atoms with Gasteiger partial charge in [-0.2, -0.15) is 0 Å². The summed E-state index contributed by atoms with van der Waals surface area (Å²) in [6.07, 6.45) is 2.29. The largest absolute Gasteiger partial charge is 0.483 e. The van der Waals surface area contributed by atoms with Crippen molar-refractivity contribution in [2.24, 2.45) is 0 Å². The van der Waals surface area contributed by atoms with Gasteiger partial charge in [0.25, 0.3) is 0 Å². The third-order valence-electron chi connectivity index (χ3n) is 3.52. The first-order chi connectivity index (χ1) is 11.0. The molecule has 1 aromatic heterocycles. The molecule has 0 atom stereocenters. The fourth-order valence-corrected chi connectivity index (χ4v) is 2.56. The average Bonchev–Trinajstić information content (AvgIpc) is 2.83. The summed E-state index contributed by atoms with van der Waals surface area (Å²) in [4.78, 5) is 15.8.